The summed E-state index contributed by atoms with van der Waals surface area (Å²) in [4.78, 5) is 17.3. The summed E-state index contributed by atoms with van der Waals surface area (Å²) >= 11 is 0. The third-order valence-electron chi connectivity index (χ3n) is 5.03. The second-order valence-corrected chi connectivity index (χ2v) is 8.80. The molecule has 0 radical (unpaired) electrons. The minimum atomic E-state index is -3.88. The maximum absolute atomic E-state index is 12.9. The molecule has 3 aromatic heterocycles. The maximum Gasteiger partial charge on any atom is 0.274 e. The Morgan fingerprint density at radius 1 is 1.09 bits per heavy atom. The topological polar surface area (TPSA) is 128 Å². The van der Waals surface area contributed by atoms with Crippen molar-refractivity contribution in [1.82, 2.24) is 14.5 Å². The molecule has 0 bridgehead atoms. The number of anilines is 2. The van der Waals surface area contributed by atoms with E-state index in [1.165, 1.54) is 31.4 Å². The molecule has 0 aliphatic carbocycles. The minimum Gasteiger partial charge on any atom is -0.493 e. The summed E-state index contributed by atoms with van der Waals surface area (Å²) in [5, 5.41) is 6.51. The zero-order valence-electron chi connectivity index (χ0n) is 17.8. The summed E-state index contributed by atoms with van der Waals surface area (Å²) in [6.07, 6.45) is 1.72. The number of carbonyl (C=O) groups excluding carboxylic acids is 1. The van der Waals surface area contributed by atoms with Crippen LogP contribution in [0.4, 0.5) is 11.6 Å². The number of methoxy groups -OCH3 is 1. The lowest BCUT2D eigenvalue weighted by Gasteiger charge is -2.09. The van der Waals surface area contributed by atoms with Gasteiger partial charge in [0.2, 0.25) is 5.88 Å². The van der Waals surface area contributed by atoms with Gasteiger partial charge in [-0.2, -0.15) is 0 Å². The SMILES string of the molecule is COc1cccn2c(C(=O)Nc3ccc(S(=O)(=O)Nc4onc(C)c4C)cc3)c(C)nc12. The van der Waals surface area contributed by atoms with Crippen molar-refractivity contribution in [3.63, 3.8) is 0 Å². The molecule has 0 saturated carbocycles. The summed E-state index contributed by atoms with van der Waals surface area (Å²) in [6, 6.07) is 9.31. The lowest BCUT2D eigenvalue weighted by molar-refractivity contribution is 0.102. The molecule has 166 valence electrons. The summed E-state index contributed by atoms with van der Waals surface area (Å²) in [6.45, 7) is 5.16. The van der Waals surface area contributed by atoms with Gasteiger partial charge in [-0.05, 0) is 57.2 Å². The van der Waals surface area contributed by atoms with Crippen LogP contribution in [0, 0.1) is 20.8 Å². The van der Waals surface area contributed by atoms with Crippen molar-refractivity contribution in [3.8, 4) is 5.75 Å². The molecule has 4 aromatic rings. The molecule has 11 heteroatoms. The number of pyridine rings is 1. The number of carbonyl (C=O) groups is 1. The van der Waals surface area contributed by atoms with E-state index < -0.39 is 10.0 Å². The van der Waals surface area contributed by atoms with Crippen LogP contribution < -0.4 is 14.8 Å². The summed E-state index contributed by atoms with van der Waals surface area (Å²) in [5.74, 6) is 0.233. The number of benzene rings is 1. The second kappa shape index (κ2) is 8.00. The number of amides is 1. The van der Waals surface area contributed by atoms with Gasteiger partial charge in [-0.25, -0.2) is 18.1 Å². The summed E-state index contributed by atoms with van der Waals surface area (Å²) in [7, 11) is -2.34. The van der Waals surface area contributed by atoms with Crippen molar-refractivity contribution in [2.45, 2.75) is 25.7 Å². The molecular weight excluding hydrogens is 434 g/mol. The minimum absolute atomic E-state index is 0.0136. The highest BCUT2D eigenvalue weighted by Crippen LogP contribution is 2.24. The first-order valence-corrected chi connectivity index (χ1v) is 11.1. The van der Waals surface area contributed by atoms with Gasteiger partial charge in [0.1, 0.15) is 5.69 Å². The van der Waals surface area contributed by atoms with Crippen LogP contribution in [0.25, 0.3) is 5.65 Å². The zero-order valence-corrected chi connectivity index (χ0v) is 18.6. The molecule has 1 aromatic carbocycles. The zero-order chi connectivity index (χ0) is 23.0. The Hall–Kier alpha value is -3.86. The highest BCUT2D eigenvalue weighted by molar-refractivity contribution is 7.92. The Kier molecular flexibility index (Phi) is 5.35. The second-order valence-electron chi connectivity index (χ2n) is 7.12. The number of hydrogen-bond donors (Lipinski definition) is 2. The van der Waals surface area contributed by atoms with Gasteiger partial charge >= 0.3 is 0 Å². The van der Waals surface area contributed by atoms with Gasteiger partial charge in [-0.15, -0.1) is 0 Å². The van der Waals surface area contributed by atoms with Crippen LogP contribution in [0.15, 0.2) is 52.0 Å². The van der Waals surface area contributed by atoms with Crippen molar-refractivity contribution in [2.75, 3.05) is 17.1 Å². The van der Waals surface area contributed by atoms with Gasteiger partial charge in [-0.1, -0.05) is 5.16 Å². The Balaban J connectivity index is 1.55. The van der Waals surface area contributed by atoms with Crippen LogP contribution in [-0.4, -0.2) is 36.0 Å². The fourth-order valence-electron chi connectivity index (χ4n) is 3.19. The van der Waals surface area contributed by atoms with Gasteiger partial charge in [0.15, 0.2) is 11.4 Å². The van der Waals surface area contributed by atoms with Crippen LogP contribution in [0.2, 0.25) is 0 Å². The van der Waals surface area contributed by atoms with Crippen LogP contribution in [0.5, 0.6) is 5.75 Å². The van der Waals surface area contributed by atoms with Crippen molar-refractivity contribution in [3.05, 3.63) is 65.2 Å². The van der Waals surface area contributed by atoms with Crippen molar-refractivity contribution in [2.24, 2.45) is 0 Å². The third-order valence-corrected chi connectivity index (χ3v) is 6.38. The van der Waals surface area contributed by atoms with Crippen molar-refractivity contribution in [1.29, 1.82) is 0 Å². The molecule has 10 nitrogen and oxygen atoms in total. The third kappa shape index (κ3) is 3.78. The average molecular weight is 455 g/mol. The van der Waals surface area contributed by atoms with E-state index in [1.807, 2.05) is 0 Å². The van der Waals surface area contributed by atoms with Gasteiger partial charge in [-0.3, -0.25) is 9.20 Å². The quantitative estimate of drug-likeness (QED) is 0.456. The number of nitrogens with one attached hydrogen (secondary N) is 2. The van der Waals surface area contributed by atoms with Crippen LogP contribution in [-0.2, 0) is 10.0 Å². The summed E-state index contributed by atoms with van der Waals surface area (Å²) < 4.78 is 39.6. The molecule has 2 N–H and O–H groups in total. The number of hydrogen-bond acceptors (Lipinski definition) is 7. The smallest absolute Gasteiger partial charge is 0.274 e. The Morgan fingerprint density at radius 2 is 1.81 bits per heavy atom. The molecule has 0 fully saturated rings. The molecule has 0 saturated heterocycles. The lowest BCUT2D eigenvalue weighted by Crippen LogP contribution is -2.16. The van der Waals surface area contributed by atoms with E-state index in [0.29, 0.717) is 39.7 Å². The lowest BCUT2D eigenvalue weighted by atomic mass is 10.3. The molecule has 0 unspecified atom stereocenters. The number of imidazole rings is 1. The molecule has 0 spiro atoms. The predicted molar refractivity (Wildman–Crippen MR) is 118 cm³/mol. The van der Waals surface area contributed by atoms with Crippen LogP contribution in [0.1, 0.15) is 27.4 Å². The van der Waals surface area contributed by atoms with E-state index in [1.54, 1.807) is 43.5 Å². The number of fused-ring (bicyclic) bond motifs is 1. The molecule has 4 rings (SSSR count). The number of aromatic nitrogens is 3. The van der Waals surface area contributed by atoms with E-state index >= 15 is 0 Å². The Labute approximate surface area is 184 Å². The van der Waals surface area contributed by atoms with Gasteiger partial charge in [0, 0.05) is 17.4 Å². The monoisotopic (exact) mass is 455 g/mol. The first kappa shape index (κ1) is 21.4. The number of nitrogens with zero attached hydrogens (tertiary/aromatic N) is 3. The van der Waals surface area contributed by atoms with Gasteiger partial charge in [0.25, 0.3) is 15.9 Å². The van der Waals surface area contributed by atoms with Gasteiger partial charge in [0.05, 0.1) is 23.4 Å². The molecule has 0 atom stereocenters. The number of aryl methyl sites for hydroxylation is 2. The van der Waals surface area contributed by atoms with E-state index in [9.17, 15) is 13.2 Å². The van der Waals surface area contributed by atoms with E-state index in [4.69, 9.17) is 9.26 Å². The fraction of sp³-hybridized carbons (Fsp3) is 0.190. The number of sulfonamides is 1. The van der Waals surface area contributed by atoms with E-state index in [-0.39, 0.29) is 16.7 Å². The molecule has 0 aliphatic heterocycles. The maximum atomic E-state index is 12.9. The average Bonchev–Trinajstić information content (AvgIpc) is 3.26. The van der Waals surface area contributed by atoms with Crippen LogP contribution >= 0.6 is 0 Å². The van der Waals surface area contributed by atoms with Crippen molar-refractivity contribution < 1.29 is 22.5 Å². The number of ether oxygens (including phenoxy) is 1. The molecule has 32 heavy (non-hydrogen) atoms. The highest BCUT2D eigenvalue weighted by Gasteiger charge is 2.21. The number of rotatable bonds is 6. The van der Waals surface area contributed by atoms with E-state index in [0.717, 1.165) is 0 Å². The Morgan fingerprint density at radius 3 is 2.44 bits per heavy atom. The highest BCUT2D eigenvalue weighted by atomic mass is 32.2. The first-order chi connectivity index (χ1) is 15.2. The normalized spacial score (nSPS) is 11.5. The van der Waals surface area contributed by atoms with Crippen molar-refractivity contribution >= 4 is 33.1 Å². The Bertz CT molecular complexity index is 1420. The van der Waals surface area contributed by atoms with E-state index in [2.05, 4.69) is 20.2 Å². The van der Waals surface area contributed by atoms with Gasteiger partial charge < -0.3 is 14.6 Å². The largest absolute Gasteiger partial charge is 0.493 e. The molecule has 1 amide bonds. The fourth-order valence-corrected chi connectivity index (χ4v) is 4.23. The summed E-state index contributed by atoms with van der Waals surface area (Å²) in [5.41, 5.74) is 3.06. The molecule has 3 heterocycles. The molecular formula is C21H21N5O5S. The molecule has 0 aliphatic rings. The predicted octanol–water partition coefficient (Wildman–Crippen LogP) is 3.31. The standard InChI is InChI=1S/C21H21N5O5S/c1-12-13(2)24-31-21(12)25-32(28,29)16-9-7-15(8-10-16)23-20(27)18-14(3)22-19-17(30-4)6-5-11-26(18)19/h5-11,25H,1-4H3,(H,23,27). The van der Waals surface area contributed by atoms with Crippen LogP contribution in [0.3, 0.4) is 0 Å². The first-order valence-electron chi connectivity index (χ1n) is 9.60.